The number of halogens is 3. The van der Waals surface area contributed by atoms with Gasteiger partial charge in [-0.1, -0.05) is 28.1 Å². The molecule has 2 aromatic carbocycles. The van der Waals surface area contributed by atoms with Crippen LogP contribution in [0.2, 0.25) is 0 Å². The third-order valence-corrected chi connectivity index (χ3v) is 3.45. The number of carbonyl (C=O) groups excluding carboxylic acids is 1. The van der Waals surface area contributed by atoms with E-state index in [1.54, 1.807) is 19.1 Å². The van der Waals surface area contributed by atoms with Crippen molar-refractivity contribution in [1.82, 2.24) is 0 Å². The Morgan fingerprint density at radius 3 is 2.45 bits per heavy atom. The fourth-order valence-corrected chi connectivity index (χ4v) is 2.14. The number of amides is 1. The molecule has 2 rings (SSSR count). The molecular weight excluding hydrogens is 328 g/mol. The molecule has 0 spiro atoms. The summed E-state index contributed by atoms with van der Waals surface area (Å²) < 4.78 is 28.3. The third kappa shape index (κ3) is 2.88. The van der Waals surface area contributed by atoms with Crippen molar-refractivity contribution < 1.29 is 13.6 Å². The van der Waals surface area contributed by atoms with E-state index < -0.39 is 23.1 Å². The number of anilines is 1. The van der Waals surface area contributed by atoms with Crippen molar-refractivity contribution in [3.05, 3.63) is 63.1 Å². The number of benzene rings is 2. The first-order chi connectivity index (χ1) is 9.40. The van der Waals surface area contributed by atoms with Crippen molar-refractivity contribution in [2.75, 3.05) is 5.32 Å². The molecule has 0 saturated heterocycles. The van der Waals surface area contributed by atoms with Gasteiger partial charge < -0.3 is 5.32 Å². The molecule has 0 aliphatic carbocycles. The first-order valence-electron chi connectivity index (χ1n) is 5.92. The number of nitrogens with one attached hydrogen (secondary N) is 1. The molecule has 0 heterocycles. The summed E-state index contributed by atoms with van der Waals surface area (Å²) in [6, 6.07) is 7.67. The molecule has 0 aliphatic heterocycles. The molecule has 0 unspecified atom stereocenters. The molecule has 104 valence electrons. The van der Waals surface area contributed by atoms with E-state index in [2.05, 4.69) is 21.2 Å². The molecule has 20 heavy (non-hydrogen) atoms. The Morgan fingerprint density at radius 1 is 1.10 bits per heavy atom. The minimum absolute atomic E-state index is 0.225. The van der Waals surface area contributed by atoms with Crippen LogP contribution in [0.4, 0.5) is 14.5 Å². The van der Waals surface area contributed by atoms with Crippen molar-refractivity contribution in [2.24, 2.45) is 0 Å². The Kier molecular flexibility index (Phi) is 4.18. The van der Waals surface area contributed by atoms with Crippen LogP contribution in [-0.2, 0) is 0 Å². The van der Waals surface area contributed by atoms with E-state index in [9.17, 15) is 13.6 Å². The largest absolute Gasteiger partial charge is 0.322 e. The maximum absolute atomic E-state index is 13.9. The topological polar surface area (TPSA) is 29.1 Å². The summed E-state index contributed by atoms with van der Waals surface area (Å²) in [7, 11) is 0. The molecule has 0 aliphatic rings. The van der Waals surface area contributed by atoms with E-state index in [1.165, 1.54) is 13.0 Å². The summed E-state index contributed by atoms with van der Waals surface area (Å²) in [5.41, 5.74) is 0.964. The zero-order chi connectivity index (χ0) is 14.9. The predicted octanol–water partition coefficient (Wildman–Crippen LogP) is 4.60. The molecule has 0 saturated carbocycles. The second-order valence-electron chi connectivity index (χ2n) is 4.47. The Morgan fingerprint density at radius 2 is 1.75 bits per heavy atom. The highest BCUT2D eigenvalue weighted by Gasteiger charge is 2.19. The molecule has 5 heteroatoms. The number of hydrogen-bond acceptors (Lipinski definition) is 1. The van der Waals surface area contributed by atoms with Gasteiger partial charge in [0.05, 0.1) is 0 Å². The summed E-state index contributed by atoms with van der Waals surface area (Å²) in [4.78, 5) is 12.1. The maximum atomic E-state index is 13.9. The highest BCUT2D eigenvalue weighted by Crippen LogP contribution is 2.23. The highest BCUT2D eigenvalue weighted by molar-refractivity contribution is 9.10. The van der Waals surface area contributed by atoms with Crippen LogP contribution >= 0.6 is 15.9 Å². The van der Waals surface area contributed by atoms with E-state index in [1.807, 2.05) is 6.07 Å². The molecular formula is C15H12BrF2NO. The zero-order valence-electron chi connectivity index (χ0n) is 10.9. The van der Waals surface area contributed by atoms with Gasteiger partial charge in [-0.3, -0.25) is 4.79 Å². The second kappa shape index (κ2) is 5.71. The van der Waals surface area contributed by atoms with Crippen molar-refractivity contribution in [3.8, 4) is 0 Å². The van der Waals surface area contributed by atoms with E-state index >= 15 is 0 Å². The quantitative estimate of drug-likeness (QED) is 0.851. The molecule has 1 N–H and O–H groups in total. The van der Waals surface area contributed by atoms with Gasteiger partial charge in [0.1, 0.15) is 17.2 Å². The van der Waals surface area contributed by atoms with Gasteiger partial charge in [0.25, 0.3) is 5.91 Å². The smallest absolute Gasteiger partial charge is 0.261 e. The van der Waals surface area contributed by atoms with Crippen LogP contribution in [0.25, 0.3) is 0 Å². The van der Waals surface area contributed by atoms with Crippen LogP contribution in [0.15, 0.2) is 34.8 Å². The average molecular weight is 340 g/mol. The van der Waals surface area contributed by atoms with Crippen molar-refractivity contribution in [1.29, 1.82) is 0 Å². The Hall–Kier alpha value is -1.75. The maximum Gasteiger partial charge on any atom is 0.261 e. The van der Waals surface area contributed by atoms with Crippen LogP contribution in [0.1, 0.15) is 21.5 Å². The fraction of sp³-hybridized carbons (Fsp3) is 0.133. The van der Waals surface area contributed by atoms with Gasteiger partial charge in [-0.25, -0.2) is 8.78 Å². The van der Waals surface area contributed by atoms with Gasteiger partial charge in [0, 0.05) is 10.2 Å². The number of hydrogen-bond donors (Lipinski definition) is 1. The van der Waals surface area contributed by atoms with E-state index in [-0.39, 0.29) is 5.56 Å². The summed E-state index contributed by atoms with van der Waals surface area (Å²) in [5.74, 6) is -2.52. The van der Waals surface area contributed by atoms with Crippen molar-refractivity contribution in [2.45, 2.75) is 13.8 Å². The summed E-state index contributed by atoms with van der Waals surface area (Å²) in [5, 5.41) is 2.53. The lowest BCUT2D eigenvalue weighted by Crippen LogP contribution is -2.17. The van der Waals surface area contributed by atoms with Gasteiger partial charge in [-0.2, -0.15) is 0 Å². The molecule has 0 bridgehead atoms. The van der Waals surface area contributed by atoms with Crippen molar-refractivity contribution >= 4 is 27.5 Å². The van der Waals surface area contributed by atoms with Crippen LogP contribution in [0.5, 0.6) is 0 Å². The van der Waals surface area contributed by atoms with E-state index in [0.29, 0.717) is 5.69 Å². The summed E-state index contributed by atoms with van der Waals surface area (Å²) >= 11 is 3.28. The lowest BCUT2D eigenvalue weighted by molar-refractivity contribution is 0.101. The van der Waals surface area contributed by atoms with Crippen LogP contribution < -0.4 is 5.32 Å². The summed E-state index contributed by atoms with van der Waals surface area (Å²) in [6.07, 6.45) is 0. The van der Waals surface area contributed by atoms with Gasteiger partial charge in [-0.15, -0.1) is 0 Å². The van der Waals surface area contributed by atoms with Crippen LogP contribution in [-0.4, -0.2) is 5.91 Å². The zero-order valence-corrected chi connectivity index (χ0v) is 12.5. The molecule has 0 fully saturated rings. The molecule has 1 amide bonds. The number of carbonyl (C=O) groups is 1. The van der Waals surface area contributed by atoms with Gasteiger partial charge in [0.2, 0.25) is 0 Å². The molecule has 0 radical (unpaired) electrons. The fourth-order valence-electron chi connectivity index (χ4n) is 1.78. The molecule has 2 nitrogen and oxygen atoms in total. The molecule has 2 aromatic rings. The highest BCUT2D eigenvalue weighted by atomic mass is 79.9. The summed E-state index contributed by atoms with van der Waals surface area (Å²) in [6.45, 7) is 3.28. The van der Waals surface area contributed by atoms with Gasteiger partial charge in [0.15, 0.2) is 0 Å². The lowest BCUT2D eigenvalue weighted by atomic mass is 10.1. The minimum Gasteiger partial charge on any atom is -0.322 e. The second-order valence-corrected chi connectivity index (χ2v) is 5.38. The first-order valence-corrected chi connectivity index (χ1v) is 6.71. The van der Waals surface area contributed by atoms with E-state index in [4.69, 9.17) is 0 Å². The number of aryl methyl sites for hydroxylation is 2. The normalized spacial score (nSPS) is 10.4. The lowest BCUT2D eigenvalue weighted by Gasteiger charge is -2.11. The third-order valence-electron chi connectivity index (χ3n) is 2.96. The van der Waals surface area contributed by atoms with E-state index in [0.717, 1.165) is 16.1 Å². The average Bonchev–Trinajstić information content (AvgIpc) is 2.39. The minimum atomic E-state index is -0.877. The van der Waals surface area contributed by atoms with Crippen molar-refractivity contribution in [3.63, 3.8) is 0 Å². The Labute approximate surface area is 123 Å². The standard InChI is InChI=1S/C15H12BrF2NO/c1-8-3-5-10(16)7-12(8)19-15(20)13-11(17)6-4-9(2)14(13)18/h3-7H,1-2H3,(H,19,20). The first kappa shape index (κ1) is 14.7. The monoisotopic (exact) mass is 339 g/mol. The Bertz CT molecular complexity index is 686. The number of rotatable bonds is 2. The van der Waals surface area contributed by atoms with Gasteiger partial charge in [-0.05, 0) is 43.2 Å². The Balaban J connectivity index is 2.38. The van der Waals surface area contributed by atoms with Crippen LogP contribution in [0.3, 0.4) is 0 Å². The van der Waals surface area contributed by atoms with Crippen LogP contribution in [0, 0.1) is 25.5 Å². The molecule has 0 aromatic heterocycles. The SMILES string of the molecule is Cc1ccc(Br)cc1NC(=O)c1c(F)ccc(C)c1F. The molecule has 0 atom stereocenters. The predicted molar refractivity (Wildman–Crippen MR) is 77.9 cm³/mol. The van der Waals surface area contributed by atoms with Gasteiger partial charge >= 0.3 is 0 Å².